The summed E-state index contributed by atoms with van der Waals surface area (Å²) in [5.41, 5.74) is 0.828. The van der Waals surface area contributed by atoms with Gasteiger partial charge in [0.1, 0.15) is 6.10 Å². The zero-order valence-corrected chi connectivity index (χ0v) is 11.8. The predicted octanol–water partition coefficient (Wildman–Crippen LogP) is 1.05. The van der Waals surface area contributed by atoms with Crippen molar-refractivity contribution in [2.45, 2.75) is 24.9 Å². The van der Waals surface area contributed by atoms with E-state index in [1.54, 1.807) is 9.48 Å². The Balaban J connectivity index is 1.80. The third-order valence-electron chi connectivity index (χ3n) is 3.73. The molecule has 8 heteroatoms. The number of ketones is 1. The van der Waals surface area contributed by atoms with Crippen LogP contribution in [0.25, 0.3) is 5.69 Å². The maximum absolute atomic E-state index is 12.0. The molecule has 3 heterocycles. The number of benzene rings is 1. The van der Waals surface area contributed by atoms with Gasteiger partial charge in [-0.05, 0) is 29.6 Å². The number of fused-ring (bicyclic) bond motifs is 2. The summed E-state index contributed by atoms with van der Waals surface area (Å²) in [7, 11) is 0. The van der Waals surface area contributed by atoms with Crippen molar-refractivity contribution in [1.82, 2.24) is 19.8 Å². The van der Waals surface area contributed by atoms with Gasteiger partial charge in [-0.15, -0.1) is 0 Å². The summed E-state index contributed by atoms with van der Waals surface area (Å²) in [6, 6.07) is 9.28. The van der Waals surface area contributed by atoms with Gasteiger partial charge in [-0.2, -0.15) is 4.80 Å². The zero-order chi connectivity index (χ0) is 14.4. The first-order chi connectivity index (χ1) is 10.2. The number of para-hydroxylation sites is 1. The molecule has 0 saturated carbocycles. The minimum atomic E-state index is -0.721. The van der Waals surface area contributed by atoms with E-state index in [1.807, 2.05) is 30.3 Å². The van der Waals surface area contributed by atoms with Gasteiger partial charge >= 0.3 is 0 Å². The highest BCUT2D eigenvalue weighted by Gasteiger charge is 2.45. The third kappa shape index (κ3) is 2.03. The molecule has 4 rings (SSSR count). The molecule has 2 fully saturated rings. The molecule has 2 aliphatic heterocycles. The summed E-state index contributed by atoms with van der Waals surface area (Å²) in [4.78, 5) is 13.6. The second kappa shape index (κ2) is 4.83. The van der Waals surface area contributed by atoms with Crippen LogP contribution in [-0.4, -0.2) is 44.6 Å². The van der Waals surface area contributed by atoms with Crippen molar-refractivity contribution in [2.24, 2.45) is 0 Å². The van der Waals surface area contributed by atoms with Gasteiger partial charge in [-0.3, -0.25) is 4.79 Å². The van der Waals surface area contributed by atoms with Gasteiger partial charge in [-0.25, -0.2) is 4.68 Å². The molecular formula is C13H12N4O3S. The van der Waals surface area contributed by atoms with Gasteiger partial charge in [0, 0.05) is 6.42 Å². The summed E-state index contributed by atoms with van der Waals surface area (Å²) in [5.74, 6) is -0.0727. The number of nitrogens with zero attached hydrogens (tertiary/aromatic N) is 4. The lowest BCUT2D eigenvalue weighted by Gasteiger charge is -2.28. The average Bonchev–Trinajstić information content (AvgIpc) is 3.10. The number of rotatable bonds is 2. The quantitative estimate of drug-likeness (QED) is 0.772. The van der Waals surface area contributed by atoms with Crippen LogP contribution in [-0.2, 0) is 14.3 Å². The molecule has 3 unspecified atom stereocenters. The predicted molar refractivity (Wildman–Crippen MR) is 73.5 cm³/mol. The Bertz CT molecular complexity index is 741. The van der Waals surface area contributed by atoms with Gasteiger partial charge in [0.15, 0.2) is 5.78 Å². The molecule has 21 heavy (non-hydrogen) atoms. The molecule has 2 saturated heterocycles. The van der Waals surface area contributed by atoms with Crippen LogP contribution in [0.2, 0.25) is 0 Å². The summed E-state index contributed by atoms with van der Waals surface area (Å²) in [6.45, 7) is 0.378. The van der Waals surface area contributed by atoms with Crippen molar-refractivity contribution in [3.05, 3.63) is 35.1 Å². The number of hydrogen-bond acceptors (Lipinski definition) is 6. The smallest absolute Gasteiger partial charge is 0.239 e. The van der Waals surface area contributed by atoms with E-state index in [0.29, 0.717) is 17.8 Å². The third-order valence-corrected chi connectivity index (χ3v) is 4.00. The molecule has 2 aliphatic rings. The Morgan fingerprint density at radius 1 is 1.29 bits per heavy atom. The molecule has 0 radical (unpaired) electrons. The second-order valence-electron chi connectivity index (χ2n) is 5.02. The first-order valence-corrected chi connectivity index (χ1v) is 7.04. The summed E-state index contributed by atoms with van der Waals surface area (Å²) in [6.07, 6.45) is -0.619. The fourth-order valence-electron chi connectivity index (χ4n) is 2.74. The number of aromatic nitrogens is 4. The van der Waals surface area contributed by atoms with Crippen LogP contribution in [0.5, 0.6) is 0 Å². The lowest BCUT2D eigenvalue weighted by atomic mass is 10.0. The molecule has 0 N–H and O–H groups in total. The average molecular weight is 304 g/mol. The fraction of sp³-hybridized carbons (Fsp3) is 0.385. The molecule has 3 atom stereocenters. The normalized spacial score (nSPS) is 28.0. The molecule has 0 spiro atoms. The Morgan fingerprint density at radius 3 is 2.90 bits per heavy atom. The summed E-state index contributed by atoms with van der Waals surface area (Å²) >= 11 is 5.27. The van der Waals surface area contributed by atoms with E-state index >= 15 is 0 Å². The molecule has 2 aromatic rings. The summed E-state index contributed by atoms with van der Waals surface area (Å²) < 4.78 is 13.0. The van der Waals surface area contributed by atoms with Gasteiger partial charge < -0.3 is 9.47 Å². The van der Waals surface area contributed by atoms with E-state index in [2.05, 4.69) is 10.3 Å². The Kier molecular flexibility index (Phi) is 2.95. The van der Waals surface area contributed by atoms with Crippen molar-refractivity contribution in [3.63, 3.8) is 0 Å². The monoisotopic (exact) mass is 304 g/mol. The van der Waals surface area contributed by atoms with Crippen molar-refractivity contribution < 1.29 is 14.3 Å². The van der Waals surface area contributed by atoms with Crippen LogP contribution in [0.15, 0.2) is 30.3 Å². The van der Waals surface area contributed by atoms with Crippen LogP contribution >= 0.6 is 12.2 Å². The van der Waals surface area contributed by atoms with Crippen LogP contribution in [0.1, 0.15) is 12.5 Å². The number of hydrogen-bond donors (Lipinski definition) is 0. The highest BCUT2D eigenvalue weighted by atomic mass is 32.1. The van der Waals surface area contributed by atoms with Crippen molar-refractivity contribution in [1.29, 1.82) is 0 Å². The minimum absolute atomic E-state index is 0.0727. The largest absolute Gasteiger partial charge is 0.343 e. The van der Waals surface area contributed by atoms with Crippen LogP contribution in [0.4, 0.5) is 0 Å². The standard InChI is InChI=1S/C13H12N4O3S/c18-10-6-9(11-7-19-12(10)20-11)16-13(21)14-15-17(16)8-4-2-1-3-5-8/h1-5,9,11-12H,6-7H2. The van der Waals surface area contributed by atoms with Gasteiger partial charge in [0.05, 0.1) is 18.3 Å². The molecule has 7 nitrogen and oxygen atoms in total. The second-order valence-corrected chi connectivity index (χ2v) is 5.38. The van der Waals surface area contributed by atoms with E-state index in [4.69, 9.17) is 21.7 Å². The molecule has 108 valence electrons. The van der Waals surface area contributed by atoms with E-state index in [-0.39, 0.29) is 17.9 Å². The van der Waals surface area contributed by atoms with E-state index in [9.17, 15) is 4.79 Å². The van der Waals surface area contributed by atoms with Gasteiger partial charge in [-0.1, -0.05) is 23.3 Å². The van der Waals surface area contributed by atoms with E-state index in [0.717, 1.165) is 5.69 Å². The summed E-state index contributed by atoms with van der Waals surface area (Å²) in [5, 5.41) is 8.04. The Labute approximate surface area is 125 Å². The SMILES string of the molecule is O=C1CC(n2c(=S)nnn2-c2ccccc2)C2COC1O2. The number of carbonyl (C=O) groups excluding carboxylic acids is 1. The lowest BCUT2D eigenvalue weighted by Crippen LogP contribution is -2.39. The Hall–Kier alpha value is -1.90. The topological polar surface area (TPSA) is 71.2 Å². The number of carbonyl (C=O) groups is 1. The first-order valence-electron chi connectivity index (χ1n) is 6.64. The molecular weight excluding hydrogens is 292 g/mol. The van der Waals surface area contributed by atoms with Crippen molar-refractivity contribution in [2.75, 3.05) is 6.61 Å². The lowest BCUT2D eigenvalue weighted by molar-refractivity contribution is -0.156. The highest BCUT2D eigenvalue weighted by molar-refractivity contribution is 7.71. The van der Waals surface area contributed by atoms with Crippen molar-refractivity contribution in [3.8, 4) is 5.69 Å². The number of Topliss-reactive ketones (excluding diaryl/α,β-unsaturated/α-hetero) is 1. The fourth-order valence-corrected chi connectivity index (χ4v) is 2.99. The maximum atomic E-state index is 12.0. The molecule has 1 aromatic heterocycles. The van der Waals surface area contributed by atoms with E-state index < -0.39 is 6.29 Å². The number of ether oxygens (including phenoxy) is 2. The van der Waals surface area contributed by atoms with E-state index in [1.165, 1.54) is 0 Å². The molecule has 0 amide bonds. The number of tetrazole rings is 1. The van der Waals surface area contributed by atoms with Crippen LogP contribution in [0, 0.1) is 4.77 Å². The van der Waals surface area contributed by atoms with Gasteiger partial charge in [0.25, 0.3) is 0 Å². The maximum Gasteiger partial charge on any atom is 0.239 e. The molecule has 2 bridgehead atoms. The minimum Gasteiger partial charge on any atom is -0.343 e. The molecule has 1 aromatic carbocycles. The Morgan fingerprint density at radius 2 is 2.10 bits per heavy atom. The van der Waals surface area contributed by atoms with Gasteiger partial charge in [0.2, 0.25) is 11.1 Å². The molecule has 0 aliphatic carbocycles. The zero-order valence-electron chi connectivity index (χ0n) is 11.0. The van der Waals surface area contributed by atoms with Crippen LogP contribution < -0.4 is 0 Å². The first kappa shape index (κ1) is 12.8. The highest BCUT2D eigenvalue weighted by Crippen LogP contribution is 2.33. The van der Waals surface area contributed by atoms with Crippen LogP contribution in [0.3, 0.4) is 0 Å². The van der Waals surface area contributed by atoms with Crippen molar-refractivity contribution >= 4 is 18.0 Å².